The van der Waals surface area contributed by atoms with Crippen LogP contribution in [0.15, 0.2) is 0 Å². The van der Waals surface area contributed by atoms with Crippen molar-refractivity contribution < 1.29 is 9.53 Å². The maximum absolute atomic E-state index is 12.2. The second-order valence-corrected chi connectivity index (χ2v) is 6.99. The molecular weight excluding hydrogens is 246 g/mol. The van der Waals surface area contributed by atoms with E-state index in [4.69, 9.17) is 4.74 Å². The van der Waals surface area contributed by atoms with Crippen LogP contribution in [-0.4, -0.2) is 35.7 Å². The van der Waals surface area contributed by atoms with Crippen LogP contribution in [0.25, 0.3) is 0 Å². The Morgan fingerprint density at radius 2 is 2.22 bits per heavy atom. The first-order valence-corrected chi connectivity index (χ1v) is 8.23. The first-order chi connectivity index (χ1) is 8.70. The Hall–Kier alpha value is -0.220. The molecule has 18 heavy (non-hydrogen) atoms. The summed E-state index contributed by atoms with van der Waals surface area (Å²) in [5.74, 6) is 1.15. The molecule has 2 saturated carbocycles. The number of esters is 1. The van der Waals surface area contributed by atoms with Gasteiger partial charge in [-0.15, -0.1) is 0 Å². The molecule has 1 N–H and O–H groups in total. The van der Waals surface area contributed by atoms with Crippen molar-refractivity contribution in [3.8, 4) is 0 Å². The van der Waals surface area contributed by atoms with Crippen LogP contribution in [0.1, 0.15) is 51.9 Å². The van der Waals surface area contributed by atoms with E-state index in [0.29, 0.717) is 11.3 Å². The number of methoxy groups -OCH3 is 1. The van der Waals surface area contributed by atoms with Gasteiger partial charge in [-0.05, 0) is 50.7 Å². The van der Waals surface area contributed by atoms with E-state index in [0.717, 1.165) is 19.3 Å². The minimum atomic E-state index is -0.389. The number of nitrogens with one attached hydrogen (secondary N) is 1. The van der Waals surface area contributed by atoms with Crippen LogP contribution in [0.3, 0.4) is 0 Å². The summed E-state index contributed by atoms with van der Waals surface area (Å²) >= 11 is 2.03. The summed E-state index contributed by atoms with van der Waals surface area (Å²) in [6.07, 6.45) is 7.91. The summed E-state index contributed by atoms with van der Waals surface area (Å²) < 4.78 is 5.06. The molecule has 0 aromatic heterocycles. The highest BCUT2D eigenvalue weighted by Gasteiger charge is 2.46. The van der Waals surface area contributed by atoms with Gasteiger partial charge in [-0.1, -0.05) is 6.92 Å². The van der Waals surface area contributed by atoms with Crippen molar-refractivity contribution in [1.29, 1.82) is 0 Å². The predicted molar refractivity (Wildman–Crippen MR) is 75.9 cm³/mol. The fourth-order valence-electron chi connectivity index (χ4n) is 2.84. The Kier molecular flexibility index (Phi) is 4.96. The Balaban J connectivity index is 2.00. The van der Waals surface area contributed by atoms with Gasteiger partial charge in [0.05, 0.1) is 7.11 Å². The Labute approximate surface area is 114 Å². The van der Waals surface area contributed by atoms with E-state index in [1.165, 1.54) is 38.5 Å². The van der Waals surface area contributed by atoms with Gasteiger partial charge in [-0.25, -0.2) is 0 Å². The fourth-order valence-corrected chi connectivity index (χ4v) is 4.14. The molecule has 0 radical (unpaired) electrons. The normalized spacial score (nSPS) is 32.2. The van der Waals surface area contributed by atoms with Gasteiger partial charge >= 0.3 is 5.97 Å². The van der Waals surface area contributed by atoms with Crippen LogP contribution in [0.2, 0.25) is 0 Å². The maximum atomic E-state index is 12.2. The van der Waals surface area contributed by atoms with Crippen LogP contribution >= 0.6 is 11.8 Å². The van der Waals surface area contributed by atoms with Gasteiger partial charge in [0.15, 0.2) is 0 Å². The van der Waals surface area contributed by atoms with E-state index in [-0.39, 0.29) is 11.5 Å². The van der Waals surface area contributed by atoms with E-state index in [1.807, 2.05) is 11.8 Å². The van der Waals surface area contributed by atoms with E-state index in [2.05, 4.69) is 12.2 Å². The van der Waals surface area contributed by atoms with Crippen LogP contribution in [0, 0.1) is 0 Å². The minimum Gasteiger partial charge on any atom is -0.468 e. The summed E-state index contributed by atoms with van der Waals surface area (Å²) in [5.41, 5.74) is -0.389. The average molecular weight is 271 g/mol. The molecule has 0 aromatic carbocycles. The molecule has 0 aliphatic heterocycles. The van der Waals surface area contributed by atoms with E-state index in [9.17, 15) is 4.79 Å². The highest BCUT2D eigenvalue weighted by Crippen LogP contribution is 2.38. The quantitative estimate of drug-likeness (QED) is 0.754. The minimum absolute atomic E-state index is 0.0452. The van der Waals surface area contributed by atoms with Gasteiger partial charge in [0.25, 0.3) is 0 Å². The number of carbonyl (C=O) groups excluding carboxylic acids is 1. The second-order valence-electron chi connectivity index (χ2n) is 5.58. The van der Waals surface area contributed by atoms with E-state index in [1.54, 1.807) is 0 Å². The van der Waals surface area contributed by atoms with Crippen molar-refractivity contribution in [3.05, 3.63) is 0 Å². The smallest absolute Gasteiger partial charge is 0.326 e. The van der Waals surface area contributed by atoms with Gasteiger partial charge in [0.2, 0.25) is 0 Å². The van der Waals surface area contributed by atoms with Crippen LogP contribution in [0.4, 0.5) is 0 Å². The predicted octanol–water partition coefficient (Wildman–Crippen LogP) is 2.74. The highest BCUT2D eigenvalue weighted by atomic mass is 32.2. The zero-order valence-electron chi connectivity index (χ0n) is 11.5. The molecule has 0 bridgehead atoms. The summed E-state index contributed by atoms with van der Waals surface area (Å²) in [6, 6.07) is 0.555. The summed E-state index contributed by atoms with van der Waals surface area (Å²) in [7, 11) is 1.52. The van der Waals surface area contributed by atoms with Gasteiger partial charge in [0, 0.05) is 11.3 Å². The molecule has 2 atom stereocenters. The Bertz CT molecular complexity index is 294. The monoisotopic (exact) mass is 271 g/mol. The molecule has 2 aliphatic rings. The van der Waals surface area contributed by atoms with Crippen LogP contribution < -0.4 is 5.32 Å². The lowest BCUT2D eigenvalue weighted by atomic mass is 9.81. The average Bonchev–Trinajstić information content (AvgIpc) is 3.19. The molecule has 2 fully saturated rings. The molecule has 104 valence electrons. The maximum Gasteiger partial charge on any atom is 0.326 e. The third-order valence-corrected chi connectivity index (χ3v) is 5.42. The van der Waals surface area contributed by atoms with Crippen molar-refractivity contribution in [1.82, 2.24) is 5.32 Å². The van der Waals surface area contributed by atoms with Crippen LogP contribution in [0.5, 0.6) is 0 Å². The molecule has 0 heterocycles. The largest absolute Gasteiger partial charge is 0.468 e. The first kappa shape index (κ1) is 14.2. The van der Waals surface area contributed by atoms with Gasteiger partial charge in [0.1, 0.15) is 5.54 Å². The van der Waals surface area contributed by atoms with Crippen molar-refractivity contribution in [2.24, 2.45) is 0 Å². The third kappa shape index (κ3) is 3.41. The zero-order chi connectivity index (χ0) is 13.0. The topological polar surface area (TPSA) is 38.3 Å². The fraction of sp³-hybridized carbons (Fsp3) is 0.929. The van der Waals surface area contributed by atoms with E-state index >= 15 is 0 Å². The third-order valence-electron chi connectivity index (χ3n) is 3.90. The molecule has 2 unspecified atom stereocenters. The first-order valence-electron chi connectivity index (χ1n) is 7.18. The van der Waals surface area contributed by atoms with E-state index < -0.39 is 0 Å². The molecular formula is C14H25NO2S. The molecule has 4 heteroatoms. The molecule has 3 nitrogen and oxygen atoms in total. The SMILES string of the molecule is CCCSC1CCCC(NC2CC2)(C(=O)OC)C1. The molecule has 0 aromatic rings. The van der Waals surface area contributed by atoms with Crippen molar-refractivity contribution in [2.45, 2.75) is 68.7 Å². The van der Waals surface area contributed by atoms with Gasteiger partial charge in [-0.2, -0.15) is 11.8 Å². The zero-order valence-corrected chi connectivity index (χ0v) is 12.4. The number of thioether (sulfide) groups is 1. The number of hydrogen-bond acceptors (Lipinski definition) is 4. The molecule has 0 amide bonds. The lowest BCUT2D eigenvalue weighted by molar-refractivity contribution is -0.150. The highest BCUT2D eigenvalue weighted by molar-refractivity contribution is 7.99. The number of carbonyl (C=O) groups is 1. The Morgan fingerprint density at radius 3 is 2.83 bits per heavy atom. The van der Waals surface area contributed by atoms with Crippen molar-refractivity contribution in [3.63, 3.8) is 0 Å². The van der Waals surface area contributed by atoms with Crippen molar-refractivity contribution >= 4 is 17.7 Å². The Morgan fingerprint density at radius 1 is 1.44 bits per heavy atom. The summed E-state index contributed by atoms with van der Waals surface area (Å²) in [4.78, 5) is 12.2. The number of rotatable bonds is 6. The lowest BCUT2D eigenvalue weighted by Crippen LogP contribution is -2.56. The molecule has 0 spiro atoms. The van der Waals surface area contributed by atoms with Gasteiger partial charge < -0.3 is 4.74 Å². The standard InChI is InChI=1S/C14H25NO2S/c1-3-9-18-12-5-4-8-14(10-12,13(16)17-2)15-11-6-7-11/h11-12,15H,3-10H2,1-2H3. The summed E-state index contributed by atoms with van der Waals surface area (Å²) in [5, 5.41) is 4.19. The van der Waals surface area contributed by atoms with Crippen molar-refractivity contribution in [2.75, 3.05) is 12.9 Å². The number of ether oxygens (including phenoxy) is 1. The lowest BCUT2D eigenvalue weighted by Gasteiger charge is -2.39. The second kappa shape index (κ2) is 6.29. The van der Waals surface area contributed by atoms with Gasteiger partial charge in [-0.3, -0.25) is 10.1 Å². The summed E-state index contributed by atoms with van der Waals surface area (Å²) in [6.45, 7) is 2.21. The molecule has 2 rings (SSSR count). The number of hydrogen-bond donors (Lipinski definition) is 1. The molecule has 2 aliphatic carbocycles. The van der Waals surface area contributed by atoms with Crippen LogP contribution in [-0.2, 0) is 9.53 Å². The molecule has 0 saturated heterocycles.